The molecule has 198 valence electrons. The second-order valence-corrected chi connectivity index (χ2v) is 8.97. The molecule has 0 saturated carbocycles. The number of ether oxygens (including phenoxy) is 3. The van der Waals surface area contributed by atoms with Gasteiger partial charge in [0.05, 0.1) is 5.92 Å². The van der Waals surface area contributed by atoms with Crippen molar-refractivity contribution in [2.24, 2.45) is 0 Å². The molecule has 0 bridgehead atoms. The van der Waals surface area contributed by atoms with Crippen LogP contribution in [0.5, 0.6) is 0 Å². The molecule has 1 fully saturated rings. The predicted octanol–water partition coefficient (Wildman–Crippen LogP) is 2.12. The van der Waals surface area contributed by atoms with Crippen LogP contribution in [0.4, 0.5) is 0 Å². The summed E-state index contributed by atoms with van der Waals surface area (Å²) in [4.78, 5) is 38.3. The highest BCUT2D eigenvalue weighted by atomic mass is 16.7. The average Bonchev–Trinajstić information content (AvgIpc) is 2.96. The number of carbonyl (C=O) groups excluding carboxylic acids is 3. The summed E-state index contributed by atoms with van der Waals surface area (Å²) >= 11 is 0. The molecule has 6 atom stereocenters. The summed E-state index contributed by atoms with van der Waals surface area (Å²) in [5.74, 6) is -2.93. The van der Waals surface area contributed by atoms with E-state index >= 15 is 0 Å². The first-order chi connectivity index (χ1) is 18.3. The number of rotatable bonds is 8. The SMILES string of the molecule is CC(C(=O)O[C@@H]1OC(C(=O)OCc2ccccc2)[C@@H](O)C(O)C1O)c1cccc(C(=O)c2ccccc2)c1. The highest BCUT2D eigenvalue weighted by molar-refractivity contribution is 6.09. The second kappa shape index (κ2) is 12.1. The lowest BCUT2D eigenvalue weighted by atomic mass is 9.95. The highest BCUT2D eigenvalue weighted by Gasteiger charge is 2.49. The molecule has 4 rings (SSSR count). The van der Waals surface area contributed by atoms with Crippen LogP contribution in [-0.2, 0) is 30.4 Å². The normalized spacial score (nSPS) is 23.7. The molecule has 0 amide bonds. The Morgan fingerprint density at radius 2 is 1.45 bits per heavy atom. The van der Waals surface area contributed by atoms with E-state index in [1.807, 2.05) is 0 Å². The van der Waals surface area contributed by atoms with Crippen molar-refractivity contribution >= 4 is 17.7 Å². The second-order valence-electron chi connectivity index (χ2n) is 8.97. The van der Waals surface area contributed by atoms with Gasteiger partial charge in [0.15, 0.2) is 11.9 Å². The van der Waals surface area contributed by atoms with Gasteiger partial charge in [-0.2, -0.15) is 0 Å². The van der Waals surface area contributed by atoms with Crippen LogP contribution in [0.2, 0.25) is 0 Å². The maximum absolute atomic E-state index is 12.9. The summed E-state index contributed by atoms with van der Waals surface area (Å²) in [6, 6.07) is 24.0. The smallest absolute Gasteiger partial charge is 0.338 e. The van der Waals surface area contributed by atoms with Gasteiger partial charge in [-0.1, -0.05) is 78.9 Å². The molecule has 4 unspecified atom stereocenters. The monoisotopic (exact) mass is 520 g/mol. The van der Waals surface area contributed by atoms with Crippen molar-refractivity contribution in [3.8, 4) is 0 Å². The van der Waals surface area contributed by atoms with E-state index in [4.69, 9.17) is 14.2 Å². The van der Waals surface area contributed by atoms with Gasteiger partial charge >= 0.3 is 11.9 Å². The van der Waals surface area contributed by atoms with Gasteiger partial charge in [-0.15, -0.1) is 0 Å². The molecule has 9 nitrogen and oxygen atoms in total. The lowest BCUT2D eigenvalue weighted by molar-refractivity contribution is -0.288. The minimum atomic E-state index is -1.84. The molecule has 0 aromatic heterocycles. The summed E-state index contributed by atoms with van der Waals surface area (Å²) in [5, 5.41) is 30.9. The fourth-order valence-electron chi connectivity index (χ4n) is 4.01. The third-order valence-corrected chi connectivity index (χ3v) is 6.30. The number of hydrogen-bond acceptors (Lipinski definition) is 9. The van der Waals surface area contributed by atoms with Crippen LogP contribution in [0.15, 0.2) is 84.9 Å². The number of aliphatic hydroxyl groups excluding tert-OH is 3. The van der Waals surface area contributed by atoms with E-state index in [1.165, 1.54) is 0 Å². The standard InChI is InChI=1S/C29H28O9/c1-17(20-13-8-14-21(15-20)22(30)19-11-6-3-7-12-19)27(34)38-29-25(33)23(31)24(32)26(37-29)28(35)36-16-18-9-4-2-5-10-18/h2-15,17,23-26,29,31-33H,16H2,1H3/t17?,23?,24-,25?,26?,29-/m0/s1. The van der Waals surface area contributed by atoms with Crippen molar-refractivity contribution in [2.75, 3.05) is 0 Å². The maximum Gasteiger partial charge on any atom is 0.338 e. The maximum atomic E-state index is 12.9. The molecule has 1 heterocycles. The number of hydrogen-bond donors (Lipinski definition) is 3. The zero-order valence-electron chi connectivity index (χ0n) is 20.5. The van der Waals surface area contributed by atoms with Crippen LogP contribution in [0.25, 0.3) is 0 Å². The molecule has 38 heavy (non-hydrogen) atoms. The van der Waals surface area contributed by atoms with Crippen molar-refractivity contribution in [1.82, 2.24) is 0 Å². The lowest BCUT2D eigenvalue weighted by Gasteiger charge is -2.38. The van der Waals surface area contributed by atoms with Crippen molar-refractivity contribution in [3.05, 3.63) is 107 Å². The number of benzene rings is 3. The molecule has 0 aliphatic carbocycles. The lowest BCUT2D eigenvalue weighted by Crippen LogP contribution is -2.61. The third kappa shape index (κ3) is 6.15. The van der Waals surface area contributed by atoms with E-state index in [9.17, 15) is 29.7 Å². The Bertz CT molecular complexity index is 1260. The fraction of sp³-hybridized carbons (Fsp3) is 0.276. The van der Waals surface area contributed by atoms with Gasteiger partial charge < -0.3 is 29.5 Å². The Balaban J connectivity index is 1.42. The zero-order chi connectivity index (χ0) is 27.2. The minimum Gasteiger partial charge on any atom is -0.459 e. The Morgan fingerprint density at radius 1 is 0.816 bits per heavy atom. The molecule has 1 aliphatic heterocycles. The van der Waals surface area contributed by atoms with Crippen molar-refractivity contribution in [1.29, 1.82) is 0 Å². The first-order valence-corrected chi connectivity index (χ1v) is 12.1. The van der Waals surface area contributed by atoms with E-state index in [1.54, 1.807) is 91.9 Å². The van der Waals surface area contributed by atoms with Gasteiger partial charge in [0.25, 0.3) is 0 Å². The van der Waals surface area contributed by atoms with Crippen molar-refractivity contribution in [3.63, 3.8) is 0 Å². The largest absolute Gasteiger partial charge is 0.459 e. The van der Waals surface area contributed by atoms with Gasteiger partial charge in [-0.05, 0) is 24.1 Å². The van der Waals surface area contributed by atoms with Crippen molar-refractivity contribution < 1.29 is 43.9 Å². The zero-order valence-corrected chi connectivity index (χ0v) is 20.5. The van der Waals surface area contributed by atoms with E-state index in [-0.39, 0.29) is 12.4 Å². The predicted molar refractivity (Wildman–Crippen MR) is 134 cm³/mol. The van der Waals surface area contributed by atoms with E-state index in [0.29, 0.717) is 22.3 Å². The van der Waals surface area contributed by atoms with E-state index in [0.717, 1.165) is 0 Å². The van der Waals surface area contributed by atoms with Crippen LogP contribution < -0.4 is 0 Å². The van der Waals surface area contributed by atoms with Gasteiger partial charge in [0, 0.05) is 11.1 Å². The van der Waals surface area contributed by atoms with Crippen LogP contribution >= 0.6 is 0 Å². The van der Waals surface area contributed by atoms with Crippen LogP contribution in [-0.4, -0.2) is 63.7 Å². The summed E-state index contributed by atoms with van der Waals surface area (Å²) < 4.78 is 15.8. The van der Waals surface area contributed by atoms with Crippen molar-refractivity contribution in [2.45, 2.75) is 50.2 Å². The van der Waals surface area contributed by atoms with Gasteiger partial charge in [0.2, 0.25) is 6.29 Å². The quantitative estimate of drug-likeness (QED) is 0.301. The first kappa shape index (κ1) is 27.2. The molecular formula is C29H28O9. The molecular weight excluding hydrogens is 492 g/mol. The minimum absolute atomic E-state index is 0.107. The van der Waals surface area contributed by atoms with Gasteiger partial charge in [-0.25, -0.2) is 4.79 Å². The van der Waals surface area contributed by atoms with Crippen LogP contribution in [0.3, 0.4) is 0 Å². The third-order valence-electron chi connectivity index (χ3n) is 6.30. The number of aliphatic hydroxyl groups is 3. The summed E-state index contributed by atoms with van der Waals surface area (Å²) in [6.07, 6.45) is -8.90. The van der Waals surface area contributed by atoms with E-state index in [2.05, 4.69) is 0 Å². The summed E-state index contributed by atoms with van der Waals surface area (Å²) in [7, 11) is 0. The average molecular weight is 521 g/mol. The fourth-order valence-corrected chi connectivity index (χ4v) is 4.01. The molecule has 1 aliphatic rings. The topological polar surface area (TPSA) is 140 Å². The summed E-state index contributed by atoms with van der Waals surface area (Å²) in [6.45, 7) is 1.44. The Hall–Kier alpha value is -3.89. The Labute approximate surface area is 219 Å². The van der Waals surface area contributed by atoms with Crippen LogP contribution in [0.1, 0.15) is 39.9 Å². The van der Waals surface area contributed by atoms with E-state index < -0.39 is 48.6 Å². The number of esters is 2. The number of carbonyl (C=O) groups is 3. The molecule has 3 aromatic rings. The van der Waals surface area contributed by atoms with Gasteiger partial charge in [-0.3, -0.25) is 9.59 Å². The Kier molecular flexibility index (Phi) is 8.65. The summed E-state index contributed by atoms with van der Waals surface area (Å²) in [5.41, 5.74) is 2.04. The molecule has 0 spiro atoms. The molecule has 9 heteroatoms. The first-order valence-electron chi connectivity index (χ1n) is 12.1. The Morgan fingerprint density at radius 3 is 2.13 bits per heavy atom. The highest BCUT2D eigenvalue weighted by Crippen LogP contribution is 2.26. The molecule has 3 aromatic carbocycles. The van der Waals surface area contributed by atoms with Gasteiger partial charge in [0.1, 0.15) is 24.9 Å². The van der Waals surface area contributed by atoms with Crippen LogP contribution in [0, 0.1) is 0 Å². The molecule has 1 saturated heterocycles. The number of ketones is 1. The molecule has 3 N–H and O–H groups in total. The molecule has 0 radical (unpaired) electrons.